The van der Waals surface area contributed by atoms with Gasteiger partial charge in [-0.25, -0.2) is 4.98 Å². The highest BCUT2D eigenvalue weighted by Crippen LogP contribution is 2.22. The average molecular weight is 349 g/mol. The monoisotopic (exact) mass is 348 g/mol. The van der Waals surface area contributed by atoms with Gasteiger partial charge in [0.05, 0.1) is 20.3 Å². The second kappa shape index (κ2) is 6.58. The number of hydrogen-bond donors (Lipinski definition) is 0. The van der Waals surface area contributed by atoms with Crippen molar-refractivity contribution in [3.63, 3.8) is 0 Å². The normalized spacial score (nSPS) is 34.0. The molecule has 2 aromatic carbocycles. The molecule has 0 saturated carbocycles. The SMILES string of the molecule is [2H]C([2H])(c1ccc(Cl)cc1)n1c(CN2C([2H])([2H])C([2H])([2H])C([2H])(C)C2([2H])[2H])nc2ccccc21. The number of rotatable bonds is 4. The molecule has 1 saturated heterocycles. The van der Waals surface area contributed by atoms with Crippen LogP contribution >= 0.6 is 11.6 Å². The van der Waals surface area contributed by atoms with E-state index in [2.05, 4.69) is 4.98 Å². The van der Waals surface area contributed by atoms with Crippen LogP contribution in [0.1, 0.15) is 37.0 Å². The highest BCUT2D eigenvalue weighted by Gasteiger charge is 2.21. The first-order valence-corrected chi connectivity index (χ1v) is 7.95. The summed E-state index contributed by atoms with van der Waals surface area (Å²) >= 11 is 5.96. The number of aromatic nitrogens is 2. The van der Waals surface area contributed by atoms with Gasteiger partial charge >= 0.3 is 0 Å². The molecule has 124 valence electrons. The van der Waals surface area contributed by atoms with E-state index < -0.39 is 38.3 Å². The van der Waals surface area contributed by atoms with Gasteiger partial charge in [0.15, 0.2) is 0 Å². The van der Waals surface area contributed by atoms with Gasteiger partial charge in [0.25, 0.3) is 0 Å². The summed E-state index contributed by atoms with van der Waals surface area (Å²) in [6, 6.07) is 12.9. The fourth-order valence-corrected chi connectivity index (χ4v) is 2.72. The Morgan fingerprint density at radius 1 is 1.29 bits per heavy atom. The lowest BCUT2D eigenvalue weighted by Gasteiger charge is -2.16. The molecule has 1 aliphatic rings. The summed E-state index contributed by atoms with van der Waals surface area (Å²) in [5, 5.41) is 0.431. The van der Waals surface area contributed by atoms with Crippen LogP contribution in [0.3, 0.4) is 0 Å². The average Bonchev–Trinajstić information content (AvgIpc) is 3.12. The minimum Gasteiger partial charge on any atom is -0.322 e. The van der Waals surface area contributed by atoms with Gasteiger partial charge in [-0.15, -0.1) is 0 Å². The number of para-hydroxylation sites is 2. The minimum atomic E-state index is -2.86. The number of nitrogens with zero attached hydrogens (tertiary/aromatic N) is 3. The Morgan fingerprint density at radius 2 is 2.08 bits per heavy atom. The Morgan fingerprint density at radius 3 is 2.83 bits per heavy atom. The standard InChI is InChI=1S/C20H22ClN3/c1-15-10-11-23(12-15)14-20-22-18-4-2-3-5-19(18)24(20)13-16-6-8-17(21)9-7-16/h2-9,15H,10-14H2,1H3/i10D2,11D2,12D2,13D2,15D. The summed E-state index contributed by atoms with van der Waals surface area (Å²) < 4.78 is 77.3. The van der Waals surface area contributed by atoms with Crippen molar-refractivity contribution in [1.29, 1.82) is 0 Å². The summed E-state index contributed by atoms with van der Waals surface area (Å²) in [5.74, 6) is -2.44. The van der Waals surface area contributed by atoms with Crippen molar-refractivity contribution >= 4 is 22.6 Å². The fourth-order valence-electron chi connectivity index (χ4n) is 2.59. The van der Waals surface area contributed by atoms with Gasteiger partial charge in [-0.1, -0.05) is 42.8 Å². The van der Waals surface area contributed by atoms with Crippen molar-refractivity contribution in [3.8, 4) is 0 Å². The predicted molar refractivity (Wildman–Crippen MR) is 99.3 cm³/mol. The van der Waals surface area contributed by atoms with E-state index in [1.807, 2.05) is 0 Å². The van der Waals surface area contributed by atoms with E-state index in [0.29, 0.717) is 21.0 Å². The number of hydrogen-bond acceptors (Lipinski definition) is 2. The quantitative estimate of drug-likeness (QED) is 0.688. The van der Waals surface area contributed by atoms with Gasteiger partial charge < -0.3 is 4.57 Å². The number of benzene rings is 2. The van der Waals surface area contributed by atoms with Gasteiger partial charge in [-0.3, -0.25) is 4.90 Å². The van der Waals surface area contributed by atoms with Crippen LogP contribution in [0.4, 0.5) is 0 Å². The largest absolute Gasteiger partial charge is 0.322 e. The van der Waals surface area contributed by atoms with E-state index in [1.165, 1.54) is 16.7 Å². The number of imidazole rings is 1. The van der Waals surface area contributed by atoms with Crippen molar-refractivity contribution in [1.82, 2.24) is 14.5 Å². The minimum absolute atomic E-state index is 0.00241. The lowest BCUT2D eigenvalue weighted by atomic mass is 10.2. The second-order valence-corrected chi connectivity index (χ2v) is 5.97. The molecular weight excluding hydrogens is 318 g/mol. The van der Waals surface area contributed by atoms with E-state index in [0.717, 1.165) is 6.92 Å². The Hall–Kier alpha value is -1.84. The number of likely N-dealkylation sites (tertiary alicyclic amines) is 1. The molecule has 4 heteroatoms. The molecule has 1 atom stereocenters. The summed E-state index contributed by atoms with van der Waals surface area (Å²) in [5.41, 5.74) is 1.08. The van der Waals surface area contributed by atoms with Crippen molar-refractivity contribution in [3.05, 3.63) is 64.9 Å². The second-order valence-electron chi connectivity index (χ2n) is 5.53. The Balaban J connectivity index is 1.91. The van der Waals surface area contributed by atoms with Crippen LogP contribution < -0.4 is 0 Å². The lowest BCUT2D eigenvalue weighted by Crippen LogP contribution is -2.22. The van der Waals surface area contributed by atoms with E-state index in [9.17, 15) is 0 Å². The zero-order valence-corrected chi connectivity index (χ0v) is 13.8. The predicted octanol–water partition coefficient (Wildman–Crippen LogP) is 4.58. The molecule has 1 unspecified atom stereocenters. The zero-order chi connectivity index (χ0) is 24.6. The van der Waals surface area contributed by atoms with Gasteiger partial charge in [0, 0.05) is 27.6 Å². The highest BCUT2D eigenvalue weighted by molar-refractivity contribution is 6.30. The number of fused-ring (bicyclic) bond motifs is 1. The third kappa shape index (κ3) is 3.19. The van der Waals surface area contributed by atoms with Crippen LogP contribution in [0, 0.1) is 5.89 Å². The Labute approximate surface area is 160 Å². The molecule has 2 heterocycles. The molecule has 0 radical (unpaired) electrons. The van der Waals surface area contributed by atoms with Crippen LogP contribution in [-0.4, -0.2) is 27.4 Å². The first-order chi connectivity index (χ1) is 15.1. The smallest absolute Gasteiger partial charge is 0.124 e. The highest BCUT2D eigenvalue weighted by atomic mass is 35.5. The van der Waals surface area contributed by atoms with Crippen molar-refractivity contribution in [2.24, 2.45) is 5.89 Å². The topological polar surface area (TPSA) is 21.1 Å². The molecule has 0 bridgehead atoms. The molecule has 0 spiro atoms. The third-order valence-electron chi connectivity index (χ3n) is 3.70. The van der Waals surface area contributed by atoms with Crippen LogP contribution in [-0.2, 0) is 13.0 Å². The maximum absolute atomic E-state index is 8.88. The van der Waals surface area contributed by atoms with Gasteiger partial charge in [0.1, 0.15) is 5.82 Å². The van der Waals surface area contributed by atoms with Crippen LogP contribution in [0.25, 0.3) is 11.0 Å². The van der Waals surface area contributed by atoms with Crippen molar-refractivity contribution in [2.75, 3.05) is 13.0 Å². The fraction of sp³-hybridized carbons (Fsp3) is 0.350. The van der Waals surface area contributed by atoms with Crippen molar-refractivity contribution < 1.29 is 12.3 Å². The maximum Gasteiger partial charge on any atom is 0.124 e. The zero-order valence-electron chi connectivity index (χ0n) is 22.0. The van der Waals surface area contributed by atoms with Crippen LogP contribution in [0.2, 0.25) is 5.02 Å². The van der Waals surface area contributed by atoms with E-state index in [-0.39, 0.29) is 11.4 Å². The molecule has 1 fully saturated rings. The molecule has 1 aliphatic heterocycles. The molecule has 1 aromatic heterocycles. The molecule has 3 nitrogen and oxygen atoms in total. The molecule has 24 heavy (non-hydrogen) atoms. The summed E-state index contributed by atoms with van der Waals surface area (Å²) in [6.07, 6.45) is -2.85. The van der Waals surface area contributed by atoms with Gasteiger partial charge in [-0.05, 0) is 48.6 Å². The Kier molecular flexibility index (Phi) is 2.33. The third-order valence-corrected chi connectivity index (χ3v) is 3.95. The molecule has 0 amide bonds. The molecular formula is C20H22ClN3. The van der Waals surface area contributed by atoms with E-state index in [4.69, 9.17) is 23.9 Å². The molecule has 0 N–H and O–H groups in total. The van der Waals surface area contributed by atoms with Crippen LogP contribution in [0.15, 0.2) is 48.5 Å². The van der Waals surface area contributed by atoms with Gasteiger partial charge in [0.2, 0.25) is 0 Å². The van der Waals surface area contributed by atoms with E-state index >= 15 is 0 Å². The summed E-state index contributed by atoms with van der Waals surface area (Å²) in [4.78, 5) is 5.08. The van der Waals surface area contributed by atoms with E-state index in [1.54, 1.807) is 36.4 Å². The molecule has 3 aromatic rings. The van der Waals surface area contributed by atoms with Gasteiger partial charge in [-0.2, -0.15) is 0 Å². The summed E-state index contributed by atoms with van der Waals surface area (Å²) in [6.45, 7) is -7.27. The van der Waals surface area contributed by atoms with Crippen molar-refractivity contribution in [2.45, 2.75) is 26.3 Å². The first kappa shape index (κ1) is 8.50. The van der Waals surface area contributed by atoms with Crippen LogP contribution in [0.5, 0.6) is 0 Å². The maximum atomic E-state index is 8.88. The summed E-state index contributed by atoms with van der Waals surface area (Å²) in [7, 11) is 0. The Bertz CT molecular complexity index is 1180. The molecule has 4 rings (SSSR count). The first-order valence-electron chi connectivity index (χ1n) is 12.1. The lowest BCUT2D eigenvalue weighted by molar-refractivity contribution is 0.308. The number of halogens is 1. The molecule has 0 aliphatic carbocycles.